The van der Waals surface area contributed by atoms with Crippen molar-refractivity contribution in [2.75, 3.05) is 26.2 Å². The van der Waals surface area contributed by atoms with E-state index in [4.69, 9.17) is 0 Å². The Labute approximate surface area is 172 Å². The minimum atomic E-state index is -3.55. The molecular formula is C22H27FN2O3S. The molecule has 0 aliphatic carbocycles. The average molecular weight is 419 g/mol. The van der Waals surface area contributed by atoms with E-state index < -0.39 is 21.1 Å². The molecule has 29 heavy (non-hydrogen) atoms. The molecular weight excluding hydrogens is 391 g/mol. The summed E-state index contributed by atoms with van der Waals surface area (Å²) in [6, 6.07) is 14.7. The monoisotopic (exact) mass is 418 g/mol. The molecule has 156 valence electrons. The van der Waals surface area contributed by atoms with Gasteiger partial charge in [0.15, 0.2) is 0 Å². The van der Waals surface area contributed by atoms with E-state index in [0.29, 0.717) is 25.1 Å². The number of hydrogen-bond acceptors (Lipinski definition) is 3. The zero-order chi connectivity index (χ0) is 21.0. The molecule has 1 unspecified atom stereocenters. The molecule has 2 aromatic carbocycles. The maximum Gasteiger partial charge on any atom is 0.253 e. The standard InChI is InChI=1S/C22H27FN2O3S/c1-17(2)16-21(18-6-4-3-5-7-18)29(27,28)25-14-12-24(13-15-25)22(26)19-8-10-20(23)11-9-19/h3-11,17,21H,12-16H2,1-2H3. The topological polar surface area (TPSA) is 57.7 Å². The van der Waals surface area contributed by atoms with E-state index >= 15 is 0 Å². The summed E-state index contributed by atoms with van der Waals surface area (Å²) in [5.74, 6) is -0.366. The predicted molar refractivity (Wildman–Crippen MR) is 111 cm³/mol. The third-order valence-corrected chi connectivity index (χ3v) is 7.46. The number of rotatable bonds is 6. The van der Waals surface area contributed by atoms with Crippen LogP contribution in [0.5, 0.6) is 0 Å². The first-order valence-electron chi connectivity index (χ1n) is 9.88. The third kappa shape index (κ3) is 5.03. The van der Waals surface area contributed by atoms with E-state index in [0.717, 1.165) is 5.56 Å². The summed E-state index contributed by atoms with van der Waals surface area (Å²) in [4.78, 5) is 14.2. The number of carbonyl (C=O) groups is 1. The molecule has 1 saturated heterocycles. The fraction of sp³-hybridized carbons (Fsp3) is 0.409. The highest BCUT2D eigenvalue weighted by Gasteiger charge is 2.36. The average Bonchev–Trinajstić information content (AvgIpc) is 2.72. The van der Waals surface area contributed by atoms with E-state index in [-0.39, 0.29) is 24.9 Å². The minimum Gasteiger partial charge on any atom is -0.336 e. The molecule has 1 amide bonds. The molecule has 1 aliphatic rings. The van der Waals surface area contributed by atoms with Gasteiger partial charge in [-0.25, -0.2) is 12.8 Å². The van der Waals surface area contributed by atoms with E-state index in [1.54, 1.807) is 4.90 Å². The van der Waals surface area contributed by atoms with E-state index in [2.05, 4.69) is 0 Å². The highest BCUT2D eigenvalue weighted by Crippen LogP contribution is 2.32. The van der Waals surface area contributed by atoms with Gasteiger partial charge in [0.1, 0.15) is 11.1 Å². The first kappa shape index (κ1) is 21.5. The van der Waals surface area contributed by atoms with Gasteiger partial charge < -0.3 is 4.90 Å². The smallest absolute Gasteiger partial charge is 0.253 e. The van der Waals surface area contributed by atoms with Gasteiger partial charge in [0.2, 0.25) is 10.0 Å². The van der Waals surface area contributed by atoms with Crippen LogP contribution in [0.3, 0.4) is 0 Å². The Bertz CT molecular complexity index is 922. The van der Waals surface area contributed by atoms with Crippen molar-refractivity contribution in [3.05, 3.63) is 71.5 Å². The second-order valence-corrected chi connectivity index (χ2v) is 9.89. The largest absolute Gasteiger partial charge is 0.336 e. The molecule has 7 heteroatoms. The first-order valence-corrected chi connectivity index (χ1v) is 11.4. The van der Waals surface area contributed by atoms with Gasteiger partial charge in [0.25, 0.3) is 5.91 Å². The van der Waals surface area contributed by atoms with Crippen molar-refractivity contribution >= 4 is 15.9 Å². The third-order valence-electron chi connectivity index (χ3n) is 5.19. The zero-order valence-corrected chi connectivity index (χ0v) is 17.6. The van der Waals surface area contributed by atoms with Gasteiger partial charge >= 0.3 is 0 Å². The molecule has 1 fully saturated rings. The van der Waals surface area contributed by atoms with Gasteiger partial charge in [0, 0.05) is 31.7 Å². The highest BCUT2D eigenvalue weighted by molar-refractivity contribution is 7.89. The molecule has 0 radical (unpaired) electrons. The lowest BCUT2D eigenvalue weighted by Crippen LogP contribution is -2.51. The van der Waals surface area contributed by atoms with Gasteiger partial charge in [-0.05, 0) is 42.2 Å². The molecule has 0 N–H and O–H groups in total. The lowest BCUT2D eigenvalue weighted by molar-refractivity contribution is 0.0697. The number of amides is 1. The van der Waals surface area contributed by atoms with Crippen LogP contribution < -0.4 is 0 Å². The van der Waals surface area contributed by atoms with Crippen LogP contribution in [-0.2, 0) is 10.0 Å². The quantitative estimate of drug-likeness (QED) is 0.719. The van der Waals surface area contributed by atoms with Gasteiger partial charge in [0.05, 0.1) is 0 Å². The summed E-state index contributed by atoms with van der Waals surface area (Å²) in [6.07, 6.45) is 0.543. The minimum absolute atomic E-state index is 0.205. The van der Waals surface area contributed by atoms with Gasteiger partial charge in [-0.15, -0.1) is 0 Å². The maximum atomic E-state index is 13.4. The summed E-state index contributed by atoms with van der Waals surface area (Å²) < 4.78 is 41.4. The molecule has 0 aromatic heterocycles. The van der Waals surface area contributed by atoms with Crippen molar-refractivity contribution in [3.63, 3.8) is 0 Å². The Balaban J connectivity index is 1.72. The van der Waals surface area contributed by atoms with E-state index in [1.807, 2.05) is 44.2 Å². The van der Waals surface area contributed by atoms with Crippen molar-refractivity contribution in [2.24, 2.45) is 5.92 Å². The van der Waals surface area contributed by atoms with Crippen molar-refractivity contribution in [3.8, 4) is 0 Å². The molecule has 5 nitrogen and oxygen atoms in total. The van der Waals surface area contributed by atoms with Gasteiger partial charge in [-0.2, -0.15) is 4.31 Å². The number of sulfonamides is 1. The van der Waals surface area contributed by atoms with Crippen molar-refractivity contribution in [1.82, 2.24) is 9.21 Å². The SMILES string of the molecule is CC(C)CC(c1ccccc1)S(=O)(=O)N1CCN(C(=O)c2ccc(F)cc2)CC1. The van der Waals surface area contributed by atoms with E-state index in [9.17, 15) is 17.6 Å². The molecule has 0 spiro atoms. The Kier molecular flexibility index (Phi) is 6.70. The summed E-state index contributed by atoms with van der Waals surface area (Å²) >= 11 is 0. The van der Waals surface area contributed by atoms with Crippen LogP contribution in [0.4, 0.5) is 4.39 Å². The van der Waals surface area contributed by atoms with E-state index in [1.165, 1.54) is 28.6 Å². The Hall–Kier alpha value is -2.25. The maximum absolute atomic E-state index is 13.4. The fourth-order valence-corrected chi connectivity index (χ4v) is 5.79. The lowest BCUT2D eigenvalue weighted by atomic mass is 10.0. The van der Waals surface area contributed by atoms with Crippen molar-refractivity contribution in [2.45, 2.75) is 25.5 Å². The Morgan fingerprint density at radius 2 is 1.55 bits per heavy atom. The van der Waals surface area contributed by atoms with Crippen LogP contribution >= 0.6 is 0 Å². The molecule has 0 bridgehead atoms. The number of piperazine rings is 1. The lowest BCUT2D eigenvalue weighted by Gasteiger charge is -2.36. The molecule has 1 aliphatic heterocycles. The summed E-state index contributed by atoms with van der Waals surface area (Å²) in [5.41, 5.74) is 1.20. The van der Waals surface area contributed by atoms with Gasteiger partial charge in [-0.1, -0.05) is 44.2 Å². The zero-order valence-electron chi connectivity index (χ0n) is 16.8. The number of nitrogens with zero attached hydrogens (tertiary/aromatic N) is 2. The number of benzene rings is 2. The Morgan fingerprint density at radius 1 is 0.966 bits per heavy atom. The summed E-state index contributed by atoms with van der Waals surface area (Å²) in [5, 5.41) is -0.594. The molecule has 1 heterocycles. The molecule has 1 atom stereocenters. The Morgan fingerprint density at radius 3 is 2.10 bits per heavy atom. The molecule has 3 rings (SSSR count). The molecule has 0 saturated carbocycles. The number of carbonyl (C=O) groups excluding carboxylic acids is 1. The van der Waals surface area contributed by atoms with Crippen LogP contribution in [0.1, 0.15) is 41.4 Å². The van der Waals surface area contributed by atoms with Crippen LogP contribution in [0.15, 0.2) is 54.6 Å². The van der Waals surface area contributed by atoms with Crippen LogP contribution in [-0.4, -0.2) is 49.7 Å². The summed E-state index contributed by atoms with van der Waals surface area (Å²) in [6.45, 7) is 5.19. The number of hydrogen-bond donors (Lipinski definition) is 0. The van der Waals surface area contributed by atoms with Crippen LogP contribution in [0.2, 0.25) is 0 Å². The summed E-state index contributed by atoms with van der Waals surface area (Å²) in [7, 11) is -3.55. The normalized spacial score (nSPS) is 16.8. The van der Waals surface area contributed by atoms with Crippen LogP contribution in [0.25, 0.3) is 0 Å². The fourth-order valence-electron chi connectivity index (χ4n) is 3.63. The van der Waals surface area contributed by atoms with Crippen molar-refractivity contribution in [1.29, 1.82) is 0 Å². The van der Waals surface area contributed by atoms with Gasteiger partial charge in [-0.3, -0.25) is 4.79 Å². The molecule has 2 aromatic rings. The second-order valence-electron chi connectivity index (χ2n) is 7.77. The predicted octanol–water partition coefficient (Wildman–Crippen LogP) is 3.70. The highest BCUT2D eigenvalue weighted by atomic mass is 32.2. The number of halogens is 1. The van der Waals surface area contributed by atoms with Crippen molar-refractivity contribution < 1.29 is 17.6 Å². The second kappa shape index (κ2) is 9.05. The van der Waals surface area contributed by atoms with Crippen LogP contribution in [0, 0.1) is 11.7 Å². The first-order chi connectivity index (χ1) is 13.8.